The van der Waals surface area contributed by atoms with Gasteiger partial charge in [0.1, 0.15) is 6.61 Å². The van der Waals surface area contributed by atoms with Crippen molar-refractivity contribution < 1.29 is 9.53 Å². The molecule has 0 aliphatic carbocycles. The number of aromatic amines is 1. The summed E-state index contributed by atoms with van der Waals surface area (Å²) in [5, 5.41) is 6.37. The first-order chi connectivity index (χ1) is 13.2. The fourth-order valence-corrected chi connectivity index (χ4v) is 3.33. The average molecular weight is 358 g/mol. The summed E-state index contributed by atoms with van der Waals surface area (Å²) in [6, 6.07) is 20.6. The van der Waals surface area contributed by atoms with Crippen molar-refractivity contribution >= 4 is 27.8 Å². The van der Waals surface area contributed by atoms with E-state index in [4.69, 9.17) is 4.74 Å². The number of benzene rings is 3. The van der Waals surface area contributed by atoms with E-state index in [1.807, 2.05) is 30.5 Å². The van der Waals surface area contributed by atoms with Crippen molar-refractivity contribution in [1.29, 1.82) is 0 Å². The normalized spacial score (nSPS) is 11.0. The standard InChI is InChI=1S/C23H22N2O2/c1-16-6-9-22-21(12-16)20(14-25-22)10-11-24-23(26)27-15-17-7-8-18-4-2-3-5-19(18)13-17/h2-9,12-14,25H,10-11,15H2,1H3,(H,24,26). The molecule has 0 unspecified atom stereocenters. The number of amides is 1. The highest BCUT2D eigenvalue weighted by atomic mass is 16.5. The second-order valence-corrected chi connectivity index (χ2v) is 6.80. The molecule has 1 heterocycles. The van der Waals surface area contributed by atoms with Gasteiger partial charge in [-0.25, -0.2) is 4.79 Å². The summed E-state index contributed by atoms with van der Waals surface area (Å²) in [5.74, 6) is 0. The molecule has 0 saturated carbocycles. The second-order valence-electron chi connectivity index (χ2n) is 6.80. The predicted molar refractivity (Wildman–Crippen MR) is 109 cm³/mol. The highest BCUT2D eigenvalue weighted by Gasteiger charge is 2.06. The number of fused-ring (bicyclic) bond motifs is 2. The number of ether oxygens (including phenoxy) is 1. The maximum absolute atomic E-state index is 12.0. The van der Waals surface area contributed by atoms with Gasteiger partial charge in [0.05, 0.1) is 0 Å². The Morgan fingerprint density at radius 2 is 1.89 bits per heavy atom. The Morgan fingerprint density at radius 3 is 2.78 bits per heavy atom. The van der Waals surface area contributed by atoms with Crippen LogP contribution in [0.5, 0.6) is 0 Å². The molecular formula is C23H22N2O2. The Labute approximate surface area is 158 Å². The van der Waals surface area contributed by atoms with Gasteiger partial charge in [0, 0.05) is 23.6 Å². The number of carbonyl (C=O) groups excluding carboxylic acids is 1. The number of aryl methyl sites for hydroxylation is 1. The van der Waals surface area contributed by atoms with E-state index in [1.54, 1.807) is 0 Å². The van der Waals surface area contributed by atoms with Gasteiger partial charge in [0.25, 0.3) is 0 Å². The Kier molecular flexibility index (Phi) is 4.79. The smallest absolute Gasteiger partial charge is 0.407 e. The van der Waals surface area contributed by atoms with Crippen LogP contribution in [0.25, 0.3) is 21.7 Å². The third-order valence-corrected chi connectivity index (χ3v) is 4.77. The maximum atomic E-state index is 12.0. The van der Waals surface area contributed by atoms with Crippen molar-refractivity contribution in [1.82, 2.24) is 10.3 Å². The predicted octanol–water partition coefficient (Wildman–Crippen LogP) is 5.10. The van der Waals surface area contributed by atoms with Crippen LogP contribution in [0, 0.1) is 6.92 Å². The van der Waals surface area contributed by atoms with E-state index >= 15 is 0 Å². The summed E-state index contributed by atoms with van der Waals surface area (Å²) in [6.45, 7) is 2.89. The number of hydrogen-bond acceptors (Lipinski definition) is 2. The molecule has 136 valence electrons. The molecule has 4 nitrogen and oxygen atoms in total. The fourth-order valence-electron chi connectivity index (χ4n) is 3.33. The molecule has 0 fully saturated rings. The minimum atomic E-state index is -0.390. The summed E-state index contributed by atoms with van der Waals surface area (Å²) in [6.07, 6.45) is 2.37. The number of alkyl carbamates (subject to hydrolysis) is 1. The Hall–Kier alpha value is -3.27. The lowest BCUT2D eigenvalue weighted by molar-refractivity contribution is 0.140. The van der Waals surface area contributed by atoms with Crippen LogP contribution < -0.4 is 5.32 Å². The third-order valence-electron chi connectivity index (χ3n) is 4.77. The molecule has 1 aromatic heterocycles. The fraction of sp³-hybridized carbons (Fsp3) is 0.174. The van der Waals surface area contributed by atoms with Gasteiger partial charge < -0.3 is 15.0 Å². The molecule has 0 radical (unpaired) electrons. The quantitative estimate of drug-likeness (QED) is 0.521. The number of aromatic nitrogens is 1. The first-order valence-corrected chi connectivity index (χ1v) is 9.14. The molecule has 0 saturated heterocycles. The molecule has 2 N–H and O–H groups in total. The van der Waals surface area contributed by atoms with Crippen LogP contribution in [0.4, 0.5) is 4.79 Å². The minimum absolute atomic E-state index is 0.267. The Balaban J connectivity index is 1.29. The zero-order valence-electron chi connectivity index (χ0n) is 15.3. The lowest BCUT2D eigenvalue weighted by atomic mass is 10.1. The van der Waals surface area contributed by atoms with Crippen molar-refractivity contribution in [2.24, 2.45) is 0 Å². The van der Waals surface area contributed by atoms with Gasteiger partial charge in [0.2, 0.25) is 0 Å². The molecule has 0 bridgehead atoms. The van der Waals surface area contributed by atoms with Crippen LogP contribution >= 0.6 is 0 Å². The number of hydrogen-bond donors (Lipinski definition) is 2. The minimum Gasteiger partial charge on any atom is -0.445 e. The van der Waals surface area contributed by atoms with Gasteiger partial charge >= 0.3 is 6.09 Å². The highest BCUT2D eigenvalue weighted by molar-refractivity contribution is 5.84. The molecule has 0 aliphatic rings. The molecule has 0 aliphatic heterocycles. The van der Waals surface area contributed by atoms with Crippen molar-refractivity contribution in [3.05, 3.63) is 83.6 Å². The van der Waals surface area contributed by atoms with Gasteiger partial charge in [-0.05, 0) is 53.4 Å². The van der Waals surface area contributed by atoms with Crippen LogP contribution in [0.2, 0.25) is 0 Å². The molecule has 4 heteroatoms. The highest BCUT2D eigenvalue weighted by Crippen LogP contribution is 2.20. The summed E-state index contributed by atoms with van der Waals surface area (Å²) in [7, 11) is 0. The lowest BCUT2D eigenvalue weighted by Crippen LogP contribution is -2.26. The van der Waals surface area contributed by atoms with E-state index in [9.17, 15) is 4.79 Å². The van der Waals surface area contributed by atoms with Crippen molar-refractivity contribution in [3.8, 4) is 0 Å². The van der Waals surface area contributed by atoms with E-state index in [0.29, 0.717) is 6.54 Å². The van der Waals surface area contributed by atoms with Crippen molar-refractivity contribution in [2.45, 2.75) is 20.0 Å². The van der Waals surface area contributed by atoms with Gasteiger partial charge in [-0.2, -0.15) is 0 Å². The number of H-pyrrole nitrogens is 1. The molecule has 3 aromatic carbocycles. The summed E-state index contributed by atoms with van der Waals surface area (Å²) < 4.78 is 5.35. The van der Waals surface area contributed by atoms with Crippen LogP contribution in [0.3, 0.4) is 0 Å². The molecular weight excluding hydrogens is 336 g/mol. The first-order valence-electron chi connectivity index (χ1n) is 9.14. The summed E-state index contributed by atoms with van der Waals surface area (Å²) in [5.41, 5.74) is 4.53. The molecule has 0 spiro atoms. The third kappa shape index (κ3) is 3.95. The van der Waals surface area contributed by atoms with E-state index in [2.05, 4.69) is 53.6 Å². The topological polar surface area (TPSA) is 54.1 Å². The van der Waals surface area contributed by atoms with Gasteiger partial charge in [-0.1, -0.05) is 48.0 Å². The van der Waals surface area contributed by atoms with Crippen LogP contribution in [-0.4, -0.2) is 17.6 Å². The second kappa shape index (κ2) is 7.54. The zero-order valence-corrected chi connectivity index (χ0v) is 15.3. The van der Waals surface area contributed by atoms with Crippen LogP contribution in [0.15, 0.2) is 66.9 Å². The van der Waals surface area contributed by atoms with Crippen LogP contribution in [-0.2, 0) is 17.8 Å². The molecule has 27 heavy (non-hydrogen) atoms. The van der Waals surface area contributed by atoms with Crippen molar-refractivity contribution in [3.63, 3.8) is 0 Å². The number of carbonyl (C=O) groups is 1. The molecule has 4 aromatic rings. The molecule has 1 amide bonds. The largest absolute Gasteiger partial charge is 0.445 e. The number of rotatable bonds is 5. The van der Waals surface area contributed by atoms with E-state index in [1.165, 1.54) is 21.9 Å². The van der Waals surface area contributed by atoms with E-state index < -0.39 is 0 Å². The van der Waals surface area contributed by atoms with E-state index in [-0.39, 0.29) is 12.7 Å². The average Bonchev–Trinajstić information content (AvgIpc) is 3.08. The Bertz CT molecular complexity index is 1100. The van der Waals surface area contributed by atoms with Gasteiger partial charge in [-0.15, -0.1) is 0 Å². The Morgan fingerprint density at radius 1 is 1.04 bits per heavy atom. The zero-order chi connectivity index (χ0) is 18.6. The van der Waals surface area contributed by atoms with E-state index in [0.717, 1.165) is 22.9 Å². The van der Waals surface area contributed by atoms with Gasteiger partial charge in [-0.3, -0.25) is 0 Å². The summed E-state index contributed by atoms with van der Waals surface area (Å²) >= 11 is 0. The maximum Gasteiger partial charge on any atom is 0.407 e. The SMILES string of the molecule is Cc1ccc2[nH]cc(CCNC(=O)OCc3ccc4ccccc4c3)c2c1. The van der Waals surface area contributed by atoms with Crippen molar-refractivity contribution in [2.75, 3.05) is 6.54 Å². The van der Waals surface area contributed by atoms with Crippen LogP contribution in [0.1, 0.15) is 16.7 Å². The van der Waals surface area contributed by atoms with Gasteiger partial charge in [0.15, 0.2) is 0 Å². The monoisotopic (exact) mass is 358 g/mol. The lowest BCUT2D eigenvalue weighted by Gasteiger charge is -2.08. The first kappa shape index (κ1) is 17.2. The molecule has 4 rings (SSSR count). The molecule has 0 atom stereocenters. The number of nitrogens with one attached hydrogen (secondary N) is 2. The summed E-state index contributed by atoms with van der Waals surface area (Å²) in [4.78, 5) is 15.3.